The second kappa shape index (κ2) is 7.51. The first-order chi connectivity index (χ1) is 11.6. The van der Waals surface area contributed by atoms with Crippen LogP contribution >= 0.6 is 0 Å². The third-order valence-electron chi connectivity index (χ3n) is 5.76. The Bertz CT molecular complexity index is 626. The summed E-state index contributed by atoms with van der Waals surface area (Å²) in [5.74, 6) is 0.375. The predicted octanol–water partition coefficient (Wildman–Crippen LogP) is 2.03. The molecule has 0 radical (unpaired) electrons. The van der Waals surface area contributed by atoms with Gasteiger partial charge in [-0.15, -0.1) is 0 Å². The molecule has 0 unspecified atom stereocenters. The summed E-state index contributed by atoms with van der Waals surface area (Å²) < 4.78 is 1.57. The Morgan fingerprint density at radius 1 is 1.17 bits per heavy atom. The fourth-order valence-corrected chi connectivity index (χ4v) is 4.09. The van der Waals surface area contributed by atoms with E-state index in [1.807, 2.05) is 17.2 Å². The van der Waals surface area contributed by atoms with Crippen LogP contribution in [0.3, 0.4) is 0 Å². The van der Waals surface area contributed by atoms with E-state index < -0.39 is 6.10 Å². The van der Waals surface area contributed by atoms with Crippen molar-refractivity contribution in [1.29, 1.82) is 0 Å². The second-order valence-electron chi connectivity index (χ2n) is 7.35. The van der Waals surface area contributed by atoms with Crippen LogP contribution in [0.4, 0.5) is 0 Å². The number of rotatable bonds is 3. The van der Waals surface area contributed by atoms with Crippen LogP contribution in [-0.4, -0.2) is 39.7 Å². The minimum atomic E-state index is -0.828. The van der Waals surface area contributed by atoms with Gasteiger partial charge in [-0.2, -0.15) is 0 Å². The molecule has 24 heavy (non-hydrogen) atoms. The molecule has 132 valence electrons. The highest BCUT2D eigenvalue weighted by Gasteiger charge is 2.32. The van der Waals surface area contributed by atoms with Gasteiger partial charge >= 0.3 is 0 Å². The van der Waals surface area contributed by atoms with Gasteiger partial charge in [-0.3, -0.25) is 9.59 Å². The highest BCUT2D eigenvalue weighted by atomic mass is 16.3. The number of aliphatic hydroxyl groups is 1. The van der Waals surface area contributed by atoms with Crippen molar-refractivity contribution in [2.45, 2.75) is 57.0 Å². The third kappa shape index (κ3) is 3.72. The van der Waals surface area contributed by atoms with Crippen LogP contribution in [0.5, 0.6) is 0 Å². The zero-order valence-electron chi connectivity index (χ0n) is 14.5. The Balaban J connectivity index is 1.56. The molecule has 3 rings (SSSR count). The predicted molar refractivity (Wildman–Crippen MR) is 92.8 cm³/mol. The maximum Gasteiger partial charge on any atom is 0.251 e. The van der Waals surface area contributed by atoms with Gasteiger partial charge in [-0.05, 0) is 49.1 Å². The van der Waals surface area contributed by atoms with Crippen molar-refractivity contribution >= 4 is 5.91 Å². The summed E-state index contributed by atoms with van der Waals surface area (Å²) in [6, 6.07) is 3.71. The van der Waals surface area contributed by atoms with Gasteiger partial charge in [0, 0.05) is 32.4 Å². The van der Waals surface area contributed by atoms with Gasteiger partial charge < -0.3 is 14.6 Å². The molecule has 1 saturated carbocycles. The molecule has 0 spiro atoms. The van der Waals surface area contributed by atoms with Gasteiger partial charge in [0.2, 0.25) is 0 Å². The highest BCUT2D eigenvalue weighted by Crippen LogP contribution is 2.30. The number of aromatic nitrogens is 1. The maximum atomic E-state index is 12.6. The lowest BCUT2D eigenvalue weighted by molar-refractivity contribution is -0.144. The van der Waals surface area contributed by atoms with Crippen LogP contribution < -0.4 is 5.56 Å². The number of carbonyl (C=O) groups excluding carboxylic acids is 1. The number of amides is 1. The van der Waals surface area contributed by atoms with E-state index in [9.17, 15) is 14.7 Å². The van der Waals surface area contributed by atoms with Crippen LogP contribution in [-0.2, 0) is 11.8 Å². The Hall–Kier alpha value is -1.62. The van der Waals surface area contributed by atoms with E-state index in [2.05, 4.69) is 0 Å². The van der Waals surface area contributed by atoms with Crippen molar-refractivity contribution in [3.8, 4) is 0 Å². The summed E-state index contributed by atoms with van der Waals surface area (Å²) in [7, 11) is 1.75. The number of piperidine rings is 1. The highest BCUT2D eigenvalue weighted by molar-refractivity contribution is 5.81. The summed E-state index contributed by atoms with van der Waals surface area (Å²) in [6.45, 7) is 1.34. The first kappa shape index (κ1) is 17.2. The first-order valence-corrected chi connectivity index (χ1v) is 9.19. The Morgan fingerprint density at radius 2 is 1.83 bits per heavy atom. The molecule has 1 aromatic rings. The number of carbonyl (C=O) groups is 1. The molecular formula is C19H28N2O3. The van der Waals surface area contributed by atoms with Crippen molar-refractivity contribution in [1.82, 2.24) is 9.47 Å². The maximum absolute atomic E-state index is 12.6. The van der Waals surface area contributed by atoms with Gasteiger partial charge in [0.25, 0.3) is 11.5 Å². The largest absolute Gasteiger partial charge is 0.383 e. The molecular weight excluding hydrogens is 304 g/mol. The van der Waals surface area contributed by atoms with Crippen LogP contribution in [0.25, 0.3) is 0 Å². The summed E-state index contributed by atoms with van der Waals surface area (Å²) in [4.78, 5) is 26.2. The summed E-state index contributed by atoms with van der Waals surface area (Å²) >= 11 is 0. The number of hydrogen-bond donors (Lipinski definition) is 1. The van der Waals surface area contributed by atoms with Gasteiger partial charge in [0.1, 0.15) is 6.10 Å². The number of aryl methyl sites for hydroxylation is 1. The van der Waals surface area contributed by atoms with Gasteiger partial charge in [0.05, 0.1) is 0 Å². The van der Waals surface area contributed by atoms with E-state index in [-0.39, 0.29) is 17.4 Å². The second-order valence-corrected chi connectivity index (χ2v) is 7.35. The lowest BCUT2D eigenvalue weighted by Gasteiger charge is -2.35. The fourth-order valence-electron chi connectivity index (χ4n) is 4.09. The average molecular weight is 332 g/mol. The van der Waals surface area contributed by atoms with Crippen molar-refractivity contribution in [3.05, 3.63) is 34.2 Å². The standard InChI is InChI=1S/C19H28N2O3/c1-20-10-7-16(13-17(20)22)14-8-11-21(12-9-14)19(24)18(23)15-5-3-2-4-6-15/h7,10,13-15,18,23H,2-6,8-9,11-12H2,1H3/t18-/m1/s1. The van der Waals surface area contributed by atoms with E-state index >= 15 is 0 Å². The molecule has 1 amide bonds. The fraction of sp³-hybridized carbons (Fsp3) is 0.684. The quantitative estimate of drug-likeness (QED) is 0.921. The summed E-state index contributed by atoms with van der Waals surface area (Å²) in [5, 5.41) is 10.4. The Kier molecular flexibility index (Phi) is 5.39. The van der Waals surface area contributed by atoms with Crippen molar-refractivity contribution in [2.75, 3.05) is 13.1 Å². The minimum Gasteiger partial charge on any atom is -0.383 e. The summed E-state index contributed by atoms with van der Waals surface area (Å²) in [6.07, 6.45) is 8.10. The van der Waals surface area contributed by atoms with Crippen molar-refractivity contribution in [2.24, 2.45) is 13.0 Å². The van der Waals surface area contributed by atoms with E-state index in [1.54, 1.807) is 17.7 Å². The molecule has 1 saturated heterocycles. The van der Waals surface area contributed by atoms with E-state index in [0.717, 1.165) is 44.1 Å². The molecule has 2 aliphatic rings. The third-order valence-corrected chi connectivity index (χ3v) is 5.76. The molecule has 0 bridgehead atoms. The molecule has 5 heteroatoms. The monoisotopic (exact) mass is 332 g/mol. The van der Waals surface area contributed by atoms with Crippen LogP contribution in [0.2, 0.25) is 0 Å². The van der Waals surface area contributed by atoms with Crippen LogP contribution in [0.1, 0.15) is 56.4 Å². The minimum absolute atomic E-state index is 0.0127. The lowest BCUT2D eigenvalue weighted by Crippen LogP contribution is -2.46. The summed E-state index contributed by atoms with van der Waals surface area (Å²) in [5.41, 5.74) is 1.08. The smallest absolute Gasteiger partial charge is 0.251 e. The SMILES string of the molecule is Cn1ccc(C2CCN(C(=O)[C@H](O)C3CCCCC3)CC2)cc1=O. The Labute approximate surface area is 143 Å². The van der Waals surface area contributed by atoms with Gasteiger partial charge in [-0.1, -0.05) is 19.3 Å². The molecule has 2 heterocycles. The number of nitrogens with zero attached hydrogens (tertiary/aromatic N) is 2. The van der Waals surface area contributed by atoms with Crippen LogP contribution in [0.15, 0.2) is 23.1 Å². The van der Waals surface area contributed by atoms with Gasteiger partial charge in [0.15, 0.2) is 0 Å². The Morgan fingerprint density at radius 3 is 2.46 bits per heavy atom. The van der Waals surface area contributed by atoms with Crippen molar-refractivity contribution < 1.29 is 9.90 Å². The van der Waals surface area contributed by atoms with E-state index in [4.69, 9.17) is 0 Å². The lowest BCUT2D eigenvalue weighted by atomic mass is 9.84. The molecule has 2 fully saturated rings. The van der Waals surface area contributed by atoms with Crippen molar-refractivity contribution in [3.63, 3.8) is 0 Å². The number of hydrogen-bond acceptors (Lipinski definition) is 3. The zero-order valence-corrected chi connectivity index (χ0v) is 14.5. The zero-order chi connectivity index (χ0) is 17.1. The molecule has 1 aromatic heterocycles. The molecule has 1 N–H and O–H groups in total. The first-order valence-electron chi connectivity index (χ1n) is 9.19. The molecule has 0 aromatic carbocycles. The number of likely N-dealkylation sites (tertiary alicyclic amines) is 1. The molecule has 1 atom stereocenters. The van der Waals surface area contributed by atoms with E-state index in [1.165, 1.54) is 6.42 Å². The topological polar surface area (TPSA) is 62.5 Å². The van der Waals surface area contributed by atoms with Crippen LogP contribution in [0, 0.1) is 5.92 Å². The molecule has 1 aliphatic heterocycles. The molecule has 1 aliphatic carbocycles. The van der Waals surface area contributed by atoms with E-state index in [0.29, 0.717) is 19.0 Å². The number of pyridine rings is 1. The average Bonchev–Trinajstić information content (AvgIpc) is 2.63. The van der Waals surface area contributed by atoms with Gasteiger partial charge in [-0.25, -0.2) is 0 Å². The normalized spacial score (nSPS) is 21.7. The molecule has 5 nitrogen and oxygen atoms in total. The number of aliphatic hydroxyl groups excluding tert-OH is 1.